The minimum Gasteiger partial charge on any atom is -0.483 e. The third kappa shape index (κ3) is 7.75. The Kier molecular flexibility index (Phi) is 9.92. The van der Waals surface area contributed by atoms with E-state index in [1.54, 1.807) is 12.4 Å². The van der Waals surface area contributed by atoms with Gasteiger partial charge in [-0.3, -0.25) is 29.5 Å². The van der Waals surface area contributed by atoms with E-state index in [4.69, 9.17) is 14.3 Å². The molecule has 4 aromatic rings. The van der Waals surface area contributed by atoms with E-state index in [0.29, 0.717) is 30.3 Å². The molecule has 11 heteroatoms. The number of nitrogens with zero attached hydrogens (tertiary/aromatic N) is 3. The predicted octanol–water partition coefficient (Wildman–Crippen LogP) is 5.62. The van der Waals surface area contributed by atoms with Gasteiger partial charge in [0.15, 0.2) is 0 Å². The number of nitrogens with one attached hydrogen (secondary N) is 1. The molecule has 0 saturated carbocycles. The molecule has 42 heavy (non-hydrogen) atoms. The van der Waals surface area contributed by atoms with Crippen molar-refractivity contribution in [3.8, 4) is 11.1 Å². The molecule has 0 atom stereocenters. The van der Waals surface area contributed by atoms with Crippen LogP contribution in [0.4, 0.5) is 11.6 Å². The predicted molar refractivity (Wildman–Crippen MR) is 156 cm³/mol. The van der Waals surface area contributed by atoms with Gasteiger partial charge in [-0.15, -0.1) is 0 Å². The number of rotatable bonds is 7. The molecule has 0 unspecified atom stereocenters. The summed E-state index contributed by atoms with van der Waals surface area (Å²) in [5.41, 5.74) is 4.53. The van der Waals surface area contributed by atoms with Gasteiger partial charge in [-0.1, -0.05) is 30.3 Å². The number of aromatic nitrogens is 1. The van der Waals surface area contributed by atoms with E-state index < -0.39 is 4.92 Å². The Balaban J connectivity index is 0.00000129. The highest BCUT2D eigenvalue weighted by molar-refractivity contribution is 6.01. The zero-order valence-corrected chi connectivity index (χ0v) is 22.5. The fourth-order valence-electron chi connectivity index (χ4n) is 4.65. The first-order valence-electron chi connectivity index (χ1n) is 13.1. The van der Waals surface area contributed by atoms with Crippen molar-refractivity contribution in [3.63, 3.8) is 0 Å². The molecule has 0 aliphatic carbocycles. The van der Waals surface area contributed by atoms with Crippen LogP contribution in [0.15, 0.2) is 95.7 Å². The lowest BCUT2D eigenvalue weighted by Crippen LogP contribution is -2.37. The summed E-state index contributed by atoms with van der Waals surface area (Å²) in [5.74, 6) is -0.153. The van der Waals surface area contributed by atoms with E-state index >= 15 is 0 Å². The number of carboxylic acid groups (broad SMARTS) is 1. The third-order valence-corrected chi connectivity index (χ3v) is 6.75. The van der Waals surface area contributed by atoms with Gasteiger partial charge in [0.25, 0.3) is 12.4 Å². The standard InChI is InChI=1S/C30H26N4O5.CH2O2/c35-28(13-11-27-12-14-29(39-27)34(37)38)32-26-9-7-21(8-10-26)23-15-18-33(19-16-23)30(36)24-5-3-22(4-6-24)25-2-1-17-31-20-25;2-1-3/h1-14,17,20,23H,15-16,18-19H2,(H,32,35);1H,(H,2,3)/b13-11+;. The van der Waals surface area contributed by atoms with Crippen molar-refractivity contribution in [2.75, 3.05) is 18.4 Å². The molecule has 1 fully saturated rings. The van der Waals surface area contributed by atoms with Crippen molar-refractivity contribution in [2.24, 2.45) is 0 Å². The van der Waals surface area contributed by atoms with Gasteiger partial charge in [-0.05, 0) is 77.9 Å². The number of carbonyl (C=O) groups is 3. The Morgan fingerprint density at radius 1 is 1.00 bits per heavy atom. The number of benzene rings is 2. The summed E-state index contributed by atoms with van der Waals surface area (Å²) in [5, 5.41) is 20.3. The normalized spacial score (nSPS) is 13.2. The van der Waals surface area contributed by atoms with Crippen LogP contribution in [0.1, 0.15) is 40.4 Å². The van der Waals surface area contributed by atoms with E-state index in [9.17, 15) is 19.7 Å². The van der Waals surface area contributed by atoms with Gasteiger partial charge in [-0.25, -0.2) is 0 Å². The molecule has 2 aromatic carbocycles. The summed E-state index contributed by atoms with van der Waals surface area (Å²) < 4.78 is 5.00. The van der Waals surface area contributed by atoms with E-state index in [2.05, 4.69) is 10.3 Å². The van der Waals surface area contributed by atoms with Crippen LogP contribution >= 0.6 is 0 Å². The Labute approximate surface area is 241 Å². The fraction of sp³-hybridized carbons (Fsp3) is 0.161. The lowest BCUT2D eigenvalue weighted by atomic mass is 9.89. The molecule has 214 valence electrons. The lowest BCUT2D eigenvalue weighted by Gasteiger charge is -2.32. The van der Waals surface area contributed by atoms with Crippen LogP contribution in [-0.2, 0) is 9.59 Å². The first-order chi connectivity index (χ1) is 20.4. The van der Waals surface area contributed by atoms with Crippen LogP contribution in [-0.4, -0.2) is 51.3 Å². The first-order valence-corrected chi connectivity index (χ1v) is 13.1. The van der Waals surface area contributed by atoms with Crippen LogP contribution in [0.3, 0.4) is 0 Å². The molecular weight excluding hydrogens is 540 g/mol. The largest absolute Gasteiger partial charge is 0.483 e. The molecule has 0 radical (unpaired) electrons. The SMILES string of the molecule is O=C(/C=C/c1ccc([N+](=O)[O-])o1)Nc1ccc(C2CCN(C(=O)c3ccc(-c4cccnc4)cc3)CC2)cc1.O=CO. The van der Waals surface area contributed by atoms with Gasteiger partial charge in [0.2, 0.25) is 5.91 Å². The van der Waals surface area contributed by atoms with Crippen LogP contribution in [0, 0.1) is 10.1 Å². The molecule has 1 aliphatic heterocycles. The molecule has 0 bridgehead atoms. The molecule has 3 heterocycles. The summed E-state index contributed by atoms with van der Waals surface area (Å²) >= 11 is 0. The molecule has 0 spiro atoms. The number of pyridine rings is 1. The smallest absolute Gasteiger partial charge is 0.433 e. The molecule has 11 nitrogen and oxygen atoms in total. The van der Waals surface area contributed by atoms with Crippen molar-refractivity contribution in [1.29, 1.82) is 0 Å². The van der Waals surface area contributed by atoms with Gasteiger partial charge < -0.3 is 19.7 Å². The monoisotopic (exact) mass is 568 g/mol. The number of hydrogen-bond donors (Lipinski definition) is 2. The Bertz CT molecular complexity index is 1540. The average Bonchev–Trinajstić information content (AvgIpc) is 3.51. The van der Waals surface area contributed by atoms with Crippen molar-refractivity contribution in [1.82, 2.24) is 9.88 Å². The molecule has 2 amide bonds. The van der Waals surface area contributed by atoms with E-state index in [1.807, 2.05) is 65.6 Å². The van der Waals surface area contributed by atoms with Gasteiger partial charge >= 0.3 is 5.88 Å². The summed E-state index contributed by atoms with van der Waals surface area (Å²) in [6, 6.07) is 21.9. The molecule has 1 aliphatic rings. The number of carbonyl (C=O) groups excluding carboxylic acids is 2. The number of amides is 2. The van der Waals surface area contributed by atoms with Crippen LogP contribution in [0.25, 0.3) is 17.2 Å². The van der Waals surface area contributed by atoms with Gasteiger partial charge in [0, 0.05) is 42.8 Å². The fourth-order valence-corrected chi connectivity index (χ4v) is 4.65. The number of furan rings is 1. The molecule has 1 saturated heterocycles. The number of anilines is 1. The molecule has 2 aromatic heterocycles. The minimum atomic E-state index is -0.635. The highest BCUT2D eigenvalue weighted by atomic mass is 16.6. The summed E-state index contributed by atoms with van der Waals surface area (Å²) in [6.07, 6.45) is 7.90. The molecule has 5 rings (SSSR count). The van der Waals surface area contributed by atoms with Crippen molar-refractivity contribution in [3.05, 3.63) is 118 Å². The van der Waals surface area contributed by atoms with Gasteiger partial charge in [-0.2, -0.15) is 0 Å². The van der Waals surface area contributed by atoms with E-state index in [0.717, 1.165) is 24.0 Å². The Morgan fingerprint density at radius 3 is 2.29 bits per heavy atom. The maximum absolute atomic E-state index is 13.0. The summed E-state index contributed by atoms with van der Waals surface area (Å²) in [6.45, 7) is 1.12. The van der Waals surface area contributed by atoms with E-state index in [-0.39, 0.29) is 29.9 Å². The quantitative estimate of drug-likeness (QED) is 0.126. The number of nitro groups is 1. The topological polar surface area (TPSA) is 156 Å². The average molecular weight is 569 g/mol. The second kappa shape index (κ2) is 14.2. The first kappa shape index (κ1) is 29.4. The van der Waals surface area contributed by atoms with Crippen LogP contribution in [0.5, 0.6) is 0 Å². The van der Waals surface area contributed by atoms with Crippen molar-refractivity contribution in [2.45, 2.75) is 18.8 Å². The van der Waals surface area contributed by atoms with Crippen molar-refractivity contribution < 1.29 is 28.8 Å². The second-order valence-corrected chi connectivity index (χ2v) is 9.37. The molecular formula is C31H28N4O7. The maximum atomic E-state index is 13.0. The Morgan fingerprint density at radius 2 is 1.69 bits per heavy atom. The van der Waals surface area contributed by atoms with Crippen molar-refractivity contribution >= 4 is 35.9 Å². The van der Waals surface area contributed by atoms with Gasteiger partial charge in [0.1, 0.15) is 10.7 Å². The second-order valence-electron chi connectivity index (χ2n) is 9.37. The van der Waals surface area contributed by atoms with Gasteiger partial charge in [0.05, 0.1) is 6.07 Å². The zero-order chi connectivity index (χ0) is 29.9. The summed E-state index contributed by atoms with van der Waals surface area (Å²) in [4.78, 5) is 49.7. The highest BCUT2D eigenvalue weighted by Gasteiger charge is 2.24. The Hall–Kier alpha value is -5.58. The van der Waals surface area contributed by atoms with E-state index in [1.165, 1.54) is 29.8 Å². The molecule has 2 N–H and O–H groups in total. The number of piperidine rings is 1. The summed E-state index contributed by atoms with van der Waals surface area (Å²) in [7, 11) is 0. The number of hydrogen-bond acceptors (Lipinski definition) is 7. The highest BCUT2D eigenvalue weighted by Crippen LogP contribution is 2.30. The third-order valence-electron chi connectivity index (χ3n) is 6.75. The zero-order valence-electron chi connectivity index (χ0n) is 22.5. The minimum absolute atomic E-state index is 0.0430. The lowest BCUT2D eigenvalue weighted by molar-refractivity contribution is -0.402. The number of likely N-dealkylation sites (tertiary alicyclic amines) is 1. The van der Waals surface area contributed by atoms with Crippen LogP contribution in [0.2, 0.25) is 0 Å². The maximum Gasteiger partial charge on any atom is 0.433 e. The van der Waals surface area contributed by atoms with Crippen LogP contribution < -0.4 is 5.32 Å².